The molecule has 6 heteroatoms. The summed E-state index contributed by atoms with van der Waals surface area (Å²) in [4.78, 5) is 37.9. The highest BCUT2D eigenvalue weighted by atomic mass is 16.2. The van der Waals surface area contributed by atoms with Gasteiger partial charge in [0.25, 0.3) is 5.91 Å². The first-order valence-corrected chi connectivity index (χ1v) is 11.5. The quantitative estimate of drug-likeness (QED) is 0.597. The number of unbranched alkanes of at least 4 members (excludes halogenated alkanes) is 1. The number of para-hydroxylation sites is 1. The van der Waals surface area contributed by atoms with Gasteiger partial charge < -0.3 is 20.0 Å². The Morgan fingerprint density at radius 3 is 2.52 bits per heavy atom. The fourth-order valence-corrected chi connectivity index (χ4v) is 4.67. The van der Waals surface area contributed by atoms with Crippen LogP contribution in [0.4, 0.5) is 0 Å². The maximum atomic E-state index is 13.3. The molecule has 1 atom stereocenters. The Morgan fingerprint density at radius 2 is 1.87 bits per heavy atom. The van der Waals surface area contributed by atoms with Gasteiger partial charge in [-0.05, 0) is 44.7 Å². The van der Waals surface area contributed by atoms with E-state index in [-0.39, 0.29) is 23.1 Å². The molecular formula is C25H35N3O3. The fourth-order valence-electron chi connectivity index (χ4n) is 4.67. The Labute approximate surface area is 184 Å². The van der Waals surface area contributed by atoms with Crippen molar-refractivity contribution in [3.05, 3.63) is 36.0 Å². The molecule has 0 unspecified atom stereocenters. The van der Waals surface area contributed by atoms with Crippen LogP contribution in [0.15, 0.2) is 30.3 Å². The third-order valence-electron chi connectivity index (χ3n) is 6.56. The van der Waals surface area contributed by atoms with Gasteiger partial charge in [-0.2, -0.15) is 0 Å². The highest BCUT2D eigenvalue weighted by Gasteiger charge is 2.37. The first-order chi connectivity index (χ1) is 14.8. The fraction of sp³-hybridized carbons (Fsp3) is 0.560. The van der Waals surface area contributed by atoms with E-state index in [2.05, 4.69) is 17.6 Å². The molecule has 1 aliphatic carbocycles. The van der Waals surface area contributed by atoms with Gasteiger partial charge in [-0.3, -0.25) is 9.59 Å². The van der Waals surface area contributed by atoms with Crippen molar-refractivity contribution in [2.24, 2.45) is 7.05 Å². The van der Waals surface area contributed by atoms with Crippen molar-refractivity contribution in [3.8, 4) is 0 Å². The standard InChI is InChI=1S/C25H35N3O3/c1-4-5-11-20(23(30)27-25(14-8-9-15-25)16-13-18(2)29)26-24(31)22-17-19-10-6-7-12-21(19)28(22)3/h6-7,10,12,17,20H,4-5,8-9,11,13-16H2,1-3H3,(H,26,31)(H,27,30)/t20-/m0/s1. The zero-order valence-electron chi connectivity index (χ0n) is 19.0. The van der Waals surface area contributed by atoms with Gasteiger partial charge in [0.15, 0.2) is 0 Å². The Morgan fingerprint density at radius 1 is 1.16 bits per heavy atom. The van der Waals surface area contributed by atoms with Crippen LogP contribution in [0.25, 0.3) is 10.9 Å². The summed E-state index contributed by atoms with van der Waals surface area (Å²) in [6.45, 7) is 3.67. The van der Waals surface area contributed by atoms with Crippen LogP contribution in [0.2, 0.25) is 0 Å². The second kappa shape index (κ2) is 10.1. The molecule has 6 nitrogen and oxygen atoms in total. The van der Waals surface area contributed by atoms with E-state index in [1.165, 1.54) is 0 Å². The maximum absolute atomic E-state index is 13.3. The smallest absolute Gasteiger partial charge is 0.268 e. The average molecular weight is 426 g/mol. The van der Waals surface area contributed by atoms with Gasteiger partial charge in [0.1, 0.15) is 17.5 Å². The number of hydrogen-bond acceptors (Lipinski definition) is 3. The van der Waals surface area contributed by atoms with Crippen molar-refractivity contribution in [1.29, 1.82) is 0 Å². The summed E-state index contributed by atoms with van der Waals surface area (Å²) in [6, 6.07) is 9.14. The van der Waals surface area contributed by atoms with E-state index in [0.717, 1.165) is 49.4 Å². The molecule has 0 aliphatic heterocycles. The number of amides is 2. The Kier molecular flexibility index (Phi) is 7.52. The molecular weight excluding hydrogens is 390 g/mol. The number of Topliss-reactive ketones (excluding diaryl/α,β-unsaturated/α-hetero) is 1. The number of ketones is 1. The van der Waals surface area contributed by atoms with Crippen LogP contribution < -0.4 is 10.6 Å². The van der Waals surface area contributed by atoms with Crippen LogP contribution in [0.3, 0.4) is 0 Å². The molecule has 2 amide bonds. The summed E-state index contributed by atoms with van der Waals surface area (Å²) < 4.78 is 1.87. The number of carbonyl (C=O) groups is 3. The molecule has 0 saturated heterocycles. The lowest BCUT2D eigenvalue weighted by molar-refractivity contribution is -0.126. The number of aromatic nitrogens is 1. The maximum Gasteiger partial charge on any atom is 0.268 e. The molecule has 1 saturated carbocycles. The summed E-state index contributed by atoms with van der Waals surface area (Å²) in [5.41, 5.74) is 1.21. The average Bonchev–Trinajstić information content (AvgIpc) is 3.34. The Bertz CT molecular complexity index is 941. The zero-order chi connectivity index (χ0) is 22.4. The summed E-state index contributed by atoms with van der Waals surface area (Å²) in [5, 5.41) is 7.23. The monoisotopic (exact) mass is 425 g/mol. The first kappa shape index (κ1) is 23.0. The molecule has 0 radical (unpaired) electrons. The summed E-state index contributed by atoms with van der Waals surface area (Å²) in [5.74, 6) is -0.225. The number of carbonyl (C=O) groups excluding carboxylic acids is 3. The van der Waals surface area contributed by atoms with Crippen molar-refractivity contribution in [2.75, 3.05) is 0 Å². The number of benzene rings is 1. The van der Waals surface area contributed by atoms with Crippen molar-refractivity contribution < 1.29 is 14.4 Å². The molecule has 1 fully saturated rings. The van der Waals surface area contributed by atoms with Crippen LogP contribution in [-0.4, -0.2) is 33.7 Å². The van der Waals surface area contributed by atoms with E-state index in [1.807, 2.05) is 41.9 Å². The first-order valence-electron chi connectivity index (χ1n) is 11.5. The van der Waals surface area contributed by atoms with Crippen molar-refractivity contribution >= 4 is 28.5 Å². The molecule has 1 aromatic carbocycles. The highest BCUT2D eigenvalue weighted by molar-refractivity contribution is 6.00. The molecule has 2 aromatic rings. The van der Waals surface area contributed by atoms with Crippen LogP contribution in [-0.2, 0) is 16.6 Å². The van der Waals surface area contributed by atoms with Gasteiger partial charge in [-0.15, -0.1) is 0 Å². The molecule has 1 aromatic heterocycles. The third kappa shape index (κ3) is 5.54. The minimum Gasteiger partial charge on any atom is -0.349 e. The van der Waals surface area contributed by atoms with Gasteiger partial charge in [0, 0.05) is 29.9 Å². The molecule has 3 rings (SSSR count). The van der Waals surface area contributed by atoms with Crippen molar-refractivity contribution in [1.82, 2.24) is 15.2 Å². The predicted molar refractivity (Wildman–Crippen MR) is 123 cm³/mol. The lowest BCUT2D eigenvalue weighted by Gasteiger charge is -2.32. The highest BCUT2D eigenvalue weighted by Crippen LogP contribution is 2.34. The number of hydrogen-bond donors (Lipinski definition) is 2. The zero-order valence-corrected chi connectivity index (χ0v) is 19.0. The summed E-state index contributed by atoms with van der Waals surface area (Å²) >= 11 is 0. The number of aryl methyl sites for hydroxylation is 1. The molecule has 2 N–H and O–H groups in total. The predicted octanol–water partition coefficient (Wildman–Crippen LogP) is 4.27. The number of fused-ring (bicyclic) bond motifs is 1. The van der Waals surface area contributed by atoms with Gasteiger partial charge in [-0.1, -0.05) is 50.8 Å². The number of nitrogens with zero attached hydrogens (tertiary/aromatic N) is 1. The Balaban J connectivity index is 1.75. The number of rotatable bonds is 10. The summed E-state index contributed by atoms with van der Waals surface area (Å²) in [7, 11) is 1.87. The molecule has 31 heavy (non-hydrogen) atoms. The van der Waals surface area contributed by atoms with E-state index in [4.69, 9.17) is 0 Å². The van der Waals surface area contributed by atoms with Crippen LogP contribution >= 0.6 is 0 Å². The SMILES string of the molecule is CCCC[C@H](NC(=O)c1cc2ccccc2n1C)C(=O)NC1(CCC(C)=O)CCCC1. The topological polar surface area (TPSA) is 80.2 Å². The molecule has 1 heterocycles. The third-order valence-corrected chi connectivity index (χ3v) is 6.56. The van der Waals surface area contributed by atoms with Gasteiger partial charge in [-0.25, -0.2) is 0 Å². The molecule has 168 valence electrons. The van der Waals surface area contributed by atoms with Crippen LogP contribution in [0.5, 0.6) is 0 Å². The minimum absolute atomic E-state index is 0.133. The van der Waals surface area contributed by atoms with Gasteiger partial charge >= 0.3 is 0 Å². The lowest BCUT2D eigenvalue weighted by atomic mass is 9.90. The number of nitrogens with one attached hydrogen (secondary N) is 2. The molecule has 0 bridgehead atoms. The van der Waals surface area contributed by atoms with E-state index in [0.29, 0.717) is 25.0 Å². The van der Waals surface area contributed by atoms with Gasteiger partial charge in [0.2, 0.25) is 5.91 Å². The normalized spacial score (nSPS) is 16.2. The van der Waals surface area contributed by atoms with E-state index in [9.17, 15) is 14.4 Å². The molecule has 1 aliphatic rings. The second-order valence-electron chi connectivity index (χ2n) is 8.99. The van der Waals surface area contributed by atoms with Crippen LogP contribution in [0.1, 0.15) is 82.1 Å². The van der Waals surface area contributed by atoms with E-state index >= 15 is 0 Å². The van der Waals surface area contributed by atoms with E-state index in [1.54, 1.807) is 6.92 Å². The summed E-state index contributed by atoms with van der Waals surface area (Å²) in [6.07, 6.45) is 7.44. The molecule has 0 spiro atoms. The van der Waals surface area contributed by atoms with Crippen molar-refractivity contribution in [3.63, 3.8) is 0 Å². The van der Waals surface area contributed by atoms with Crippen LogP contribution in [0, 0.1) is 0 Å². The lowest BCUT2D eigenvalue weighted by Crippen LogP contribution is -2.54. The second-order valence-corrected chi connectivity index (χ2v) is 8.99. The van der Waals surface area contributed by atoms with E-state index < -0.39 is 6.04 Å². The Hall–Kier alpha value is -2.63. The van der Waals surface area contributed by atoms with Gasteiger partial charge in [0.05, 0.1) is 0 Å². The minimum atomic E-state index is -0.583. The van der Waals surface area contributed by atoms with Crippen molar-refractivity contribution in [2.45, 2.75) is 83.2 Å². The largest absolute Gasteiger partial charge is 0.349 e.